The maximum absolute atomic E-state index is 5.23. The molecule has 53 heavy (non-hydrogen) atoms. The number of thiophene rings is 2. The molecule has 11 rings (SSSR count). The van der Waals surface area contributed by atoms with Crippen molar-refractivity contribution in [1.82, 2.24) is 24.5 Å². The zero-order valence-electron chi connectivity index (χ0n) is 28.1. The Labute approximate surface area is 312 Å². The van der Waals surface area contributed by atoms with E-state index in [-0.39, 0.29) is 0 Å². The van der Waals surface area contributed by atoms with Gasteiger partial charge in [0.05, 0.1) is 11.0 Å². The number of hydrogen-bond donors (Lipinski definition) is 0. The normalized spacial score (nSPS) is 11.8. The van der Waals surface area contributed by atoms with Crippen LogP contribution in [-0.4, -0.2) is 24.5 Å². The van der Waals surface area contributed by atoms with E-state index in [0.29, 0.717) is 17.5 Å². The fourth-order valence-electron chi connectivity index (χ4n) is 7.46. The van der Waals surface area contributed by atoms with Crippen LogP contribution in [0.1, 0.15) is 0 Å². The molecule has 0 aliphatic carbocycles. The van der Waals surface area contributed by atoms with E-state index < -0.39 is 0 Å². The van der Waals surface area contributed by atoms with Crippen LogP contribution in [0.25, 0.3) is 103 Å². The molecule has 0 amide bonds. The summed E-state index contributed by atoms with van der Waals surface area (Å²) in [6.45, 7) is 0. The van der Waals surface area contributed by atoms with Crippen molar-refractivity contribution < 1.29 is 0 Å². The number of para-hydroxylation sites is 3. The van der Waals surface area contributed by atoms with Crippen molar-refractivity contribution in [3.05, 3.63) is 164 Å². The van der Waals surface area contributed by atoms with Crippen molar-refractivity contribution in [1.29, 1.82) is 0 Å². The molecule has 7 heteroatoms. The van der Waals surface area contributed by atoms with Crippen LogP contribution >= 0.6 is 22.7 Å². The number of benzene rings is 7. The van der Waals surface area contributed by atoms with Crippen molar-refractivity contribution in [2.45, 2.75) is 0 Å². The molecule has 7 aromatic carbocycles. The predicted octanol–water partition coefficient (Wildman–Crippen LogP) is 12.6. The Morgan fingerprint density at radius 3 is 1.96 bits per heavy atom. The van der Waals surface area contributed by atoms with Crippen LogP contribution in [0.5, 0.6) is 0 Å². The lowest BCUT2D eigenvalue weighted by Crippen LogP contribution is -2.00. The largest absolute Gasteiger partial charge is 0.292 e. The first-order chi connectivity index (χ1) is 26.3. The molecule has 248 valence electrons. The van der Waals surface area contributed by atoms with Gasteiger partial charge in [0.2, 0.25) is 0 Å². The summed E-state index contributed by atoms with van der Waals surface area (Å²) in [7, 11) is 0. The second-order valence-corrected chi connectivity index (χ2v) is 15.2. The van der Waals surface area contributed by atoms with Gasteiger partial charge in [0.25, 0.3) is 0 Å². The van der Waals surface area contributed by atoms with Gasteiger partial charge >= 0.3 is 0 Å². The third-order valence-electron chi connectivity index (χ3n) is 9.88. The van der Waals surface area contributed by atoms with E-state index in [1.54, 1.807) is 22.7 Å². The zero-order valence-corrected chi connectivity index (χ0v) is 29.8. The maximum Gasteiger partial charge on any atom is 0.164 e. The first-order valence-electron chi connectivity index (χ1n) is 17.5. The summed E-state index contributed by atoms with van der Waals surface area (Å²) in [5, 5.41) is 4.81. The first-order valence-corrected chi connectivity index (χ1v) is 19.1. The van der Waals surface area contributed by atoms with Crippen molar-refractivity contribution in [2.24, 2.45) is 0 Å². The second kappa shape index (κ2) is 12.0. The summed E-state index contributed by atoms with van der Waals surface area (Å²) in [5.74, 6) is 2.87. The quantitative estimate of drug-likeness (QED) is 0.178. The summed E-state index contributed by atoms with van der Waals surface area (Å²) < 4.78 is 7.10. The Hall–Kier alpha value is -6.54. The molecule has 0 saturated heterocycles. The van der Waals surface area contributed by atoms with Gasteiger partial charge in [-0.3, -0.25) is 4.57 Å². The van der Waals surface area contributed by atoms with E-state index in [1.807, 2.05) is 24.3 Å². The summed E-state index contributed by atoms with van der Waals surface area (Å²) in [6.07, 6.45) is 0. The Kier molecular flexibility index (Phi) is 6.83. The highest BCUT2D eigenvalue weighted by Gasteiger charge is 2.21. The van der Waals surface area contributed by atoms with Crippen LogP contribution in [0.3, 0.4) is 0 Å². The molecule has 0 N–H and O–H groups in total. The minimum Gasteiger partial charge on any atom is -0.292 e. The van der Waals surface area contributed by atoms with E-state index in [4.69, 9.17) is 19.9 Å². The standard InChI is InChI=1S/C46H27N5S2/c1-3-13-28(14-4-1)43-48-44(29-25-26-32-31-17-7-10-23-38(31)52-40(32)27-29)50-45(49-43)34-19-12-24-39-41(34)33-18-11-20-35(42(33)53-39)46-47-36-21-8-9-22-37(36)51(46)30-15-5-2-6-16-30/h1-27H. The molecule has 4 aromatic heterocycles. The average molecular weight is 714 g/mol. The van der Waals surface area contributed by atoms with Crippen LogP contribution in [0.2, 0.25) is 0 Å². The topological polar surface area (TPSA) is 56.5 Å². The molecule has 0 unspecified atom stereocenters. The van der Waals surface area contributed by atoms with Gasteiger partial charge in [0, 0.05) is 68.3 Å². The van der Waals surface area contributed by atoms with Gasteiger partial charge in [0.15, 0.2) is 17.5 Å². The molecule has 5 nitrogen and oxygen atoms in total. The monoisotopic (exact) mass is 713 g/mol. The molecule has 0 aliphatic heterocycles. The van der Waals surface area contributed by atoms with Crippen LogP contribution in [-0.2, 0) is 0 Å². The number of hydrogen-bond acceptors (Lipinski definition) is 6. The third kappa shape index (κ3) is 4.89. The molecule has 0 radical (unpaired) electrons. The van der Waals surface area contributed by atoms with E-state index in [1.165, 1.54) is 29.6 Å². The molecule has 0 fully saturated rings. The molecular weight excluding hydrogens is 687 g/mol. The Morgan fingerprint density at radius 2 is 1.08 bits per heavy atom. The number of rotatable bonds is 5. The van der Waals surface area contributed by atoms with E-state index in [0.717, 1.165) is 55.6 Å². The summed E-state index contributed by atoms with van der Waals surface area (Å²) >= 11 is 3.59. The van der Waals surface area contributed by atoms with E-state index in [2.05, 4.69) is 144 Å². The number of imidazole rings is 1. The van der Waals surface area contributed by atoms with Crippen molar-refractivity contribution in [2.75, 3.05) is 0 Å². The fraction of sp³-hybridized carbons (Fsp3) is 0. The van der Waals surface area contributed by atoms with E-state index >= 15 is 0 Å². The maximum atomic E-state index is 5.23. The van der Waals surface area contributed by atoms with Crippen LogP contribution < -0.4 is 0 Å². The molecule has 0 aliphatic rings. The number of fused-ring (bicyclic) bond motifs is 7. The van der Waals surface area contributed by atoms with Gasteiger partial charge < -0.3 is 0 Å². The highest BCUT2D eigenvalue weighted by Crippen LogP contribution is 2.44. The summed E-state index contributed by atoms with van der Waals surface area (Å²) in [5.41, 5.74) is 7.10. The molecular formula is C46H27N5S2. The summed E-state index contributed by atoms with van der Waals surface area (Å²) in [6, 6.07) is 57.2. The Balaban J connectivity index is 1.13. The van der Waals surface area contributed by atoms with Crippen molar-refractivity contribution in [3.63, 3.8) is 0 Å². The minimum atomic E-state index is 0.649. The average Bonchev–Trinajstić information content (AvgIpc) is 3.92. The minimum absolute atomic E-state index is 0.649. The van der Waals surface area contributed by atoms with Gasteiger partial charge in [-0.05, 0) is 48.5 Å². The van der Waals surface area contributed by atoms with Crippen LogP contribution in [0, 0.1) is 0 Å². The van der Waals surface area contributed by atoms with Gasteiger partial charge in [-0.25, -0.2) is 19.9 Å². The molecule has 11 aromatic rings. The fourth-order valence-corrected chi connectivity index (χ4v) is 9.85. The highest BCUT2D eigenvalue weighted by molar-refractivity contribution is 7.26. The SMILES string of the molecule is c1ccc(-c2nc(-c3ccc4c(c3)sc3ccccc34)nc(-c3cccc4sc5c(-c6nc7ccccc7n6-c6ccccc6)cccc5c34)n2)cc1. The summed E-state index contributed by atoms with van der Waals surface area (Å²) in [4.78, 5) is 20.7. The lowest BCUT2D eigenvalue weighted by atomic mass is 10.0. The third-order valence-corrected chi connectivity index (χ3v) is 12.2. The highest BCUT2D eigenvalue weighted by atomic mass is 32.1. The molecule has 0 spiro atoms. The molecule has 0 bridgehead atoms. The Bertz CT molecular complexity index is 3180. The zero-order chi connectivity index (χ0) is 34.9. The molecule has 0 atom stereocenters. The number of aromatic nitrogens is 5. The van der Waals surface area contributed by atoms with Crippen molar-refractivity contribution >= 4 is 74.1 Å². The Morgan fingerprint density at radius 1 is 0.415 bits per heavy atom. The number of nitrogens with zero attached hydrogens (tertiary/aromatic N) is 5. The van der Waals surface area contributed by atoms with Gasteiger partial charge in [-0.1, -0.05) is 115 Å². The van der Waals surface area contributed by atoms with Gasteiger partial charge in [-0.2, -0.15) is 0 Å². The predicted molar refractivity (Wildman–Crippen MR) is 222 cm³/mol. The van der Waals surface area contributed by atoms with Crippen molar-refractivity contribution in [3.8, 4) is 51.2 Å². The lowest BCUT2D eigenvalue weighted by Gasteiger charge is -2.11. The van der Waals surface area contributed by atoms with Crippen LogP contribution in [0.4, 0.5) is 0 Å². The first kappa shape index (κ1) is 30.1. The molecule has 4 heterocycles. The van der Waals surface area contributed by atoms with Crippen LogP contribution in [0.15, 0.2) is 164 Å². The lowest BCUT2D eigenvalue weighted by molar-refractivity contribution is 1.08. The van der Waals surface area contributed by atoms with Gasteiger partial charge in [-0.15, -0.1) is 22.7 Å². The van der Waals surface area contributed by atoms with E-state index in [9.17, 15) is 0 Å². The van der Waals surface area contributed by atoms with Gasteiger partial charge in [0.1, 0.15) is 5.82 Å². The second-order valence-electron chi connectivity index (χ2n) is 13.0. The molecule has 0 saturated carbocycles. The smallest absolute Gasteiger partial charge is 0.164 e.